The van der Waals surface area contributed by atoms with Gasteiger partial charge in [-0.05, 0) is 11.6 Å². The maximum absolute atomic E-state index is 13.7. The molecule has 1 aliphatic rings. The Bertz CT molecular complexity index is 205. The van der Waals surface area contributed by atoms with Gasteiger partial charge in [-0.25, -0.2) is 4.39 Å². The van der Waals surface area contributed by atoms with E-state index >= 15 is 0 Å². The molecular formula is C6H6Cl3F3O2. The second-order valence-electron chi connectivity index (χ2n) is 2.64. The summed E-state index contributed by atoms with van der Waals surface area (Å²) in [5.41, 5.74) is -3.46. The molecule has 84 valence electrons. The number of hydrogen-bond donors (Lipinski definition) is 0. The molecular weight excluding hydrogens is 267 g/mol. The number of halogens is 6. The third-order valence-corrected chi connectivity index (χ3v) is 2.64. The number of hydrogen-bond acceptors (Lipinski definition) is 2. The van der Waals surface area contributed by atoms with E-state index in [1.807, 2.05) is 0 Å². The van der Waals surface area contributed by atoms with Gasteiger partial charge in [-0.1, -0.05) is 0 Å². The highest BCUT2D eigenvalue weighted by Gasteiger charge is 2.65. The normalized spacial score (nSPS) is 24.2. The first-order chi connectivity index (χ1) is 6.30. The Kier molecular flexibility index (Phi) is 3.81. The first kappa shape index (κ1) is 12.6. The lowest BCUT2D eigenvalue weighted by molar-refractivity contribution is -0.204. The summed E-state index contributed by atoms with van der Waals surface area (Å²) in [5.74, 6) is 0. The summed E-state index contributed by atoms with van der Waals surface area (Å²) < 4.78 is 48.4. The molecule has 0 amide bonds. The van der Waals surface area contributed by atoms with Crippen molar-refractivity contribution >= 4 is 34.8 Å². The summed E-state index contributed by atoms with van der Waals surface area (Å²) in [5, 5.41) is -4.27. The molecule has 0 aromatic heterocycles. The van der Waals surface area contributed by atoms with Crippen LogP contribution >= 0.6 is 34.8 Å². The lowest BCUT2D eigenvalue weighted by Gasteiger charge is -2.33. The van der Waals surface area contributed by atoms with E-state index in [0.717, 1.165) is 0 Å². The second-order valence-corrected chi connectivity index (χ2v) is 4.21. The van der Waals surface area contributed by atoms with Crippen LogP contribution in [0.25, 0.3) is 0 Å². The SMILES string of the molecule is FC(F)(Cl)C(F)(C(Cl)Cl)C1OCCO1. The van der Waals surface area contributed by atoms with Gasteiger partial charge in [-0.15, -0.1) is 23.2 Å². The molecule has 0 aromatic rings. The molecule has 1 unspecified atom stereocenters. The Morgan fingerprint density at radius 3 is 1.86 bits per heavy atom. The van der Waals surface area contributed by atoms with E-state index in [1.54, 1.807) is 0 Å². The van der Waals surface area contributed by atoms with Gasteiger partial charge in [0.15, 0.2) is 4.84 Å². The molecule has 0 bridgehead atoms. The van der Waals surface area contributed by atoms with Crippen LogP contribution in [0.1, 0.15) is 0 Å². The Morgan fingerprint density at radius 2 is 1.57 bits per heavy atom. The third kappa shape index (κ3) is 2.07. The quantitative estimate of drug-likeness (QED) is 0.736. The van der Waals surface area contributed by atoms with Crippen molar-refractivity contribution in [3.05, 3.63) is 0 Å². The van der Waals surface area contributed by atoms with Gasteiger partial charge in [-0.2, -0.15) is 8.78 Å². The second kappa shape index (κ2) is 4.22. The minimum Gasteiger partial charge on any atom is -0.347 e. The molecule has 1 rings (SSSR count). The lowest BCUT2D eigenvalue weighted by atomic mass is 10.1. The third-order valence-electron chi connectivity index (χ3n) is 1.72. The van der Waals surface area contributed by atoms with E-state index in [4.69, 9.17) is 23.2 Å². The van der Waals surface area contributed by atoms with Crippen LogP contribution in [0.2, 0.25) is 0 Å². The average molecular weight is 273 g/mol. The molecule has 0 N–H and O–H groups in total. The molecule has 0 saturated carbocycles. The summed E-state index contributed by atoms with van der Waals surface area (Å²) >= 11 is 14.8. The van der Waals surface area contributed by atoms with Crippen molar-refractivity contribution in [1.29, 1.82) is 0 Å². The van der Waals surface area contributed by atoms with E-state index in [2.05, 4.69) is 21.1 Å². The summed E-state index contributed by atoms with van der Waals surface area (Å²) in [6.07, 6.45) is -1.85. The van der Waals surface area contributed by atoms with Crippen LogP contribution in [0.15, 0.2) is 0 Å². The van der Waals surface area contributed by atoms with Gasteiger partial charge >= 0.3 is 5.38 Å². The summed E-state index contributed by atoms with van der Waals surface area (Å²) in [4.78, 5) is -2.06. The predicted molar refractivity (Wildman–Crippen MR) is 45.8 cm³/mol. The monoisotopic (exact) mass is 272 g/mol. The van der Waals surface area contributed by atoms with E-state index in [-0.39, 0.29) is 13.2 Å². The van der Waals surface area contributed by atoms with Crippen molar-refractivity contribution in [2.75, 3.05) is 13.2 Å². The van der Waals surface area contributed by atoms with Crippen LogP contribution in [-0.2, 0) is 9.47 Å². The molecule has 1 fully saturated rings. The van der Waals surface area contributed by atoms with Crippen molar-refractivity contribution in [1.82, 2.24) is 0 Å². The average Bonchev–Trinajstić information content (AvgIpc) is 2.52. The summed E-state index contributed by atoms with van der Waals surface area (Å²) in [6, 6.07) is 0. The minimum absolute atomic E-state index is 0.0101. The van der Waals surface area contributed by atoms with Gasteiger partial charge in [0.05, 0.1) is 13.2 Å². The van der Waals surface area contributed by atoms with Crippen molar-refractivity contribution in [2.45, 2.75) is 22.2 Å². The maximum atomic E-state index is 13.7. The van der Waals surface area contributed by atoms with Gasteiger partial charge in [-0.3, -0.25) is 0 Å². The highest BCUT2D eigenvalue weighted by Crippen LogP contribution is 2.46. The Labute approximate surface area is 93.2 Å². The lowest BCUT2D eigenvalue weighted by Crippen LogP contribution is -2.55. The van der Waals surface area contributed by atoms with Crippen molar-refractivity contribution < 1.29 is 22.6 Å². The van der Waals surface area contributed by atoms with Gasteiger partial charge in [0, 0.05) is 0 Å². The molecule has 1 aliphatic heterocycles. The molecule has 8 heteroatoms. The summed E-state index contributed by atoms with van der Waals surface area (Å²) in [6.45, 7) is -0.0202. The molecule has 0 radical (unpaired) electrons. The maximum Gasteiger partial charge on any atom is 0.362 e. The Balaban J connectivity index is 2.91. The highest BCUT2D eigenvalue weighted by atomic mass is 35.5. The van der Waals surface area contributed by atoms with Crippen LogP contribution in [0, 0.1) is 0 Å². The molecule has 14 heavy (non-hydrogen) atoms. The molecule has 1 atom stereocenters. The minimum atomic E-state index is -4.27. The Morgan fingerprint density at radius 1 is 1.14 bits per heavy atom. The zero-order valence-electron chi connectivity index (χ0n) is 6.65. The number of ether oxygens (including phenoxy) is 2. The molecule has 1 heterocycles. The molecule has 1 saturated heterocycles. The predicted octanol–water partition coefficient (Wildman–Crippen LogP) is 2.70. The van der Waals surface area contributed by atoms with E-state index < -0.39 is 22.2 Å². The van der Waals surface area contributed by atoms with Crippen LogP contribution in [0.3, 0.4) is 0 Å². The van der Waals surface area contributed by atoms with Crippen molar-refractivity contribution in [2.24, 2.45) is 0 Å². The van der Waals surface area contributed by atoms with Gasteiger partial charge in [0.1, 0.15) is 0 Å². The van der Waals surface area contributed by atoms with E-state index in [0.29, 0.717) is 0 Å². The van der Waals surface area contributed by atoms with Gasteiger partial charge in [0.25, 0.3) is 5.67 Å². The number of alkyl halides is 6. The molecule has 0 spiro atoms. The fourth-order valence-corrected chi connectivity index (χ4v) is 1.75. The largest absolute Gasteiger partial charge is 0.362 e. The van der Waals surface area contributed by atoms with Crippen LogP contribution < -0.4 is 0 Å². The first-order valence-electron chi connectivity index (χ1n) is 3.57. The van der Waals surface area contributed by atoms with E-state index in [1.165, 1.54) is 0 Å². The van der Waals surface area contributed by atoms with Crippen molar-refractivity contribution in [3.8, 4) is 0 Å². The smallest absolute Gasteiger partial charge is 0.347 e. The fraction of sp³-hybridized carbons (Fsp3) is 1.00. The molecule has 0 aliphatic carbocycles. The molecule has 0 aromatic carbocycles. The van der Waals surface area contributed by atoms with Crippen LogP contribution in [0.5, 0.6) is 0 Å². The molecule has 2 nitrogen and oxygen atoms in total. The first-order valence-corrected chi connectivity index (χ1v) is 4.82. The van der Waals surface area contributed by atoms with Gasteiger partial charge < -0.3 is 9.47 Å². The van der Waals surface area contributed by atoms with E-state index in [9.17, 15) is 13.2 Å². The highest BCUT2D eigenvalue weighted by molar-refractivity contribution is 6.45. The Hall–Kier alpha value is 0.580. The number of rotatable bonds is 3. The van der Waals surface area contributed by atoms with Gasteiger partial charge in [0.2, 0.25) is 6.29 Å². The summed E-state index contributed by atoms with van der Waals surface area (Å²) in [7, 11) is 0. The van der Waals surface area contributed by atoms with Crippen LogP contribution in [0.4, 0.5) is 13.2 Å². The van der Waals surface area contributed by atoms with Crippen LogP contribution in [-0.4, -0.2) is 35.4 Å². The standard InChI is InChI=1S/C6H6Cl3F3O2/c7-3(8)5(10,6(9,11)12)4-13-1-2-14-4/h3-4H,1-2H2. The van der Waals surface area contributed by atoms with Crippen molar-refractivity contribution in [3.63, 3.8) is 0 Å². The zero-order valence-corrected chi connectivity index (χ0v) is 8.92. The fourth-order valence-electron chi connectivity index (χ4n) is 0.961. The topological polar surface area (TPSA) is 18.5 Å². The zero-order chi connectivity index (χ0) is 11.0.